The van der Waals surface area contributed by atoms with Crippen LogP contribution in [0, 0.1) is 0 Å². The first-order chi connectivity index (χ1) is 7.49. The maximum Gasteiger partial charge on any atom is 0.163 e. The van der Waals surface area contributed by atoms with Gasteiger partial charge in [0, 0.05) is 7.11 Å². The fraction of sp³-hybridized carbons (Fsp3) is 1.00. The molecule has 2 unspecified atom stereocenters. The summed E-state index contributed by atoms with van der Waals surface area (Å²) >= 11 is 0. The molecular formula is C12H28O5. The van der Waals surface area contributed by atoms with E-state index < -0.39 is 5.79 Å². The minimum atomic E-state index is -0.493. The SMILES string of the molecule is C.CC1(C)OCC(CO)O1.CCC(CO)OC. The molecule has 1 rings (SSSR count). The summed E-state index contributed by atoms with van der Waals surface area (Å²) < 4.78 is 15.2. The van der Waals surface area contributed by atoms with Crippen molar-refractivity contribution in [2.75, 3.05) is 26.9 Å². The van der Waals surface area contributed by atoms with Crippen LogP contribution in [-0.2, 0) is 14.2 Å². The molecule has 0 spiro atoms. The van der Waals surface area contributed by atoms with Crippen LogP contribution >= 0.6 is 0 Å². The molecule has 0 radical (unpaired) electrons. The zero-order chi connectivity index (χ0) is 12.6. The molecule has 0 saturated carbocycles. The monoisotopic (exact) mass is 252 g/mol. The molecule has 5 heteroatoms. The van der Waals surface area contributed by atoms with Crippen LogP contribution in [0.1, 0.15) is 34.6 Å². The normalized spacial score (nSPS) is 23.3. The summed E-state index contributed by atoms with van der Waals surface area (Å²) in [6.45, 7) is 6.33. The summed E-state index contributed by atoms with van der Waals surface area (Å²) in [7, 11) is 1.60. The predicted molar refractivity (Wildman–Crippen MR) is 66.9 cm³/mol. The molecule has 1 aliphatic heterocycles. The van der Waals surface area contributed by atoms with Crippen LogP contribution in [0.15, 0.2) is 0 Å². The molecular weight excluding hydrogens is 224 g/mol. The molecule has 0 aromatic carbocycles. The van der Waals surface area contributed by atoms with Crippen molar-refractivity contribution < 1.29 is 24.4 Å². The van der Waals surface area contributed by atoms with Gasteiger partial charge < -0.3 is 24.4 Å². The average Bonchev–Trinajstić information content (AvgIpc) is 2.62. The molecule has 2 atom stereocenters. The second-order valence-electron chi connectivity index (χ2n) is 4.08. The van der Waals surface area contributed by atoms with E-state index in [1.165, 1.54) is 0 Å². The molecule has 1 saturated heterocycles. The van der Waals surface area contributed by atoms with E-state index in [4.69, 9.17) is 24.4 Å². The smallest absolute Gasteiger partial charge is 0.163 e. The number of hydrogen-bond acceptors (Lipinski definition) is 5. The van der Waals surface area contributed by atoms with E-state index in [1.54, 1.807) is 7.11 Å². The summed E-state index contributed by atoms with van der Waals surface area (Å²) in [5.41, 5.74) is 0. The summed E-state index contributed by atoms with van der Waals surface area (Å²) in [5, 5.41) is 17.0. The van der Waals surface area contributed by atoms with Gasteiger partial charge in [0.2, 0.25) is 0 Å². The molecule has 0 aromatic rings. The van der Waals surface area contributed by atoms with Gasteiger partial charge in [-0.2, -0.15) is 0 Å². The largest absolute Gasteiger partial charge is 0.394 e. The Balaban J connectivity index is 0. The van der Waals surface area contributed by atoms with E-state index in [-0.39, 0.29) is 32.8 Å². The Kier molecular flexibility index (Phi) is 11.0. The zero-order valence-corrected chi connectivity index (χ0v) is 10.6. The Bertz CT molecular complexity index is 163. The van der Waals surface area contributed by atoms with Crippen LogP contribution in [0.3, 0.4) is 0 Å². The van der Waals surface area contributed by atoms with E-state index >= 15 is 0 Å². The molecule has 1 heterocycles. The lowest BCUT2D eigenvalue weighted by Gasteiger charge is -2.15. The lowest BCUT2D eigenvalue weighted by Crippen LogP contribution is -2.22. The first kappa shape index (κ1) is 19.1. The first-order valence-electron chi connectivity index (χ1n) is 5.55. The fourth-order valence-electron chi connectivity index (χ4n) is 1.22. The van der Waals surface area contributed by atoms with Crippen molar-refractivity contribution in [3.63, 3.8) is 0 Å². The van der Waals surface area contributed by atoms with Crippen molar-refractivity contribution >= 4 is 0 Å². The second-order valence-corrected chi connectivity index (χ2v) is 4.08. The Labute approximate surface area is 105 Å². The van der Waals surface area contributed by atoms with Gasteiger partial charge >= 0.3 is 0 Å². The van der Waals surface area contributed by atoms with E-state index in [9.17, 15) is 0 Å². The number of methoxy groups -OCH3 is 1. The van der Waals surface area contributed by atoms with Gasteiger partial charge in [-0.25, -0.2) is 0 Å². The Hall–Kier alpha value is -0.200. The molecule has 2 N–H and O–H groups in total. The molecule has 0 amide bonds. The third-order valence-electron chi connectivity index (χ3n) is 2.26. The summed E-state index contributed by atoms with van der Waals surface area (Å²) in [4.78, 5) is 0. The van der Waals surface area contributed by atoms with Gasteiger partial charge in [0.05, 0.1) is 25.9 Å². The number of ether oxygens (including phenoxy) is 3. The highest BCUT2D eigenvalue weighted by Crippen LogP contribution is 2.21. The zero-order valence-electron chi connectivity index (χ0n) is 10.6. The third-order valence-corrected chi connectivity index (χ3v) is 2.26. The average molecular weight is 252 g/mol. The Morgan fingerprint density at radius 1 is 1.41 bits per heavy atom. The van der Waals surface area contributed by atoms with Crippen molar-refractivity contribution in [3.8, 4) is 0 Å². The maximum atomic E-state index is 8.59. The molecule has 0 bridgehead atoms. The molecule has 0 aliphatic carbocycles. The molecule has 17 heavy (non-hydrogen) atoms. The highest BCUT2D eigenvalue weighted by Gasteiger charge is 2.31. The topological polar surface area (TPSA) is 68.2 Å². The van der Waals surface area contributed by atoms with Crippen LogP contribution in [0.5, 0.6) is 0 Å². The van der Waals surface area contributed by atoms with Crippen molar-refractivity contribution in [2.45, 2.75) is 52.6 Å². The lowest BCUT2D eigenvalue weighted by atomic mass is 10.3. The minimum Gasteiger partial charge on any atom is -0.394 e. The second kappa shape index (κ2) is 9.79. The van der Waals surface area contributed by atoms with Crippen molar-refractivity contribution in [3.05, 3.63) is 0 Å². The van der Waals surface area contributed by atoms with Gasteiger partial charge in [-0.3, -0.25) is 0 Å². The number of aliphatic hydroxyl groups is 2. The van der Waals surface area contributed by atoms with Gasteiger partial charge in [0.1, 0.15) is 6.10 Å². The highest BCUT2D eigenvalue weighted by molar-refractivity contribution is 4.69. The van der Waals surface area contributed by atoms with E-state index in [2.05, 4.69) is 0 Å². The quantitative estimate of drug-likeness (QED) is 0.786. The number of aliphatic hydroxyl groups excluding tert-OH is 2. The maximum absolute atomic E-state index is 8.59. The predicted octanol–water partition coefficient (Wildman–Crippen LogP) is 1.17. The molecule has 5 nitrogen and oxygen atoms in total. The van der Waals surface area contributed by atoms with Gasteiger partial charge in [-0.15, -0.1) is 0 Å². The standard InChI is InChI=1S/C6H12O3.C5H12O2.CH4/c1-6(2)8-4-5(3-7)9-6;1-3-5(4-6)7-2;/h5,7H,3-4H2,1-2H3;5-6H,3-4H2,1-2H3;1H4. The highest BCUT2D eigenvalue weighted by atomic mass is 16.7. The van der Waals surface area contributed by atoms with Gasteiger partial charge in [-0.05, 0) is 20.3 Å². The van der Waals surface area contributed by atoms with Gasteiger partial charge in [-0.1, -0.05) is 14.4 Å². The summed E-state index contributed by atoms with van der Waals surface area (Å²) in [6, 6.07) is 0. The van der Waals surface area contributed by atoms with E-state index in [0.29, 0.717) is 6.61 Å². The van der Waals surface area contributed by atoms with Crippen LogP contribution in [0.4, 0.5) is 0 Å². The minimum absolute atomic E-state index is 0. The molecule has 0 aromatic heterocycles. The molecule has 1 fully saturated rings. The molecule has 106 valence electrons. The number of rotatable bonds is 4. The van der Waals surface area contributed by atoms with Gasteiger partial charge in [0.15, 0.2) is 5.79 Å². The van der Waals surface area contributed by atoms with Gasteiger partial charge in [0.25, 0.3) is 0 Å². The van der Waals surface area contributed by atoms with Crippen LogP contribution < -0.4 is 0 Å². The van der Waals surface area contributed by atoms with Crippen molar-refractivity contribution in [1.29, 1.82) is 0 Å². The first-order valence-corrected chi connectivity index (χ1v) is 5.55. The van der Waals surface area contributed by atoms with Crippen LogP contribution in [-0.4, -0.2) is 55.1 Å². The lowest BCUT2D eigenvalue weighted by molar-refractivity contribution is -0.142. The Morgan fingerprint density at radius 2 is 2.00 bits per heavy atom. The summed E-state index contributed by atoms with van der Waals surface area (Å²) in [6.07, 6.45) is 0.799. The molecule has 1 aliphatic rings. The fourth-order valence-corrected chi connectivity index (χ4v) is 1.22. The number of hydrogen-bond donors (Lipinski definition) is 2. The van der Waals surface area contributed by atoms with Crippen LogP contribution in [0.25, 0.3) is 0 Å². The van der Waals surface area contributed by atoms with E-state index in [0.717, 1.165) is 6.42 Å². The van der Waals surface area contributed by atoms with Crippen molar-refractivity contribution in [1.82, 2.24) is 0 Å². The van der Waals surface area contributed by atoms with Crippen molar-refractivity contribution in [2.24, 2.45) is 0 Å². The van der Waals surface area contributed by atoms with E-state index in [1.807, 2.05) is 20.8 Å². The van der Waals surface area contributed by atoms with Crippen LogP contribution in [0.2, 0.25) is 0 Å². The third kappa shape index (κ3) is 8.51. The summed E-state index contributed by atoms with van der Waals surface area (Å²) in [5.74, 6) is -0.493. The Morgan fingerprint density at radius 3 is 2.12 bits per heavy atom.